The van der Waals surface area contributed by atoms with Crippen molar-refractivity contribution in [2.45, 2.75) is 6.92 Å². The highest BCUT2D eigenvalue weighted by molar-refractivity contribution is 14.1. The van der Waals surface area contributed by atoms with E-state index in [1.165, 1.54) is 0 Å². The van der Waals surface area contributed by atoms with Gasteiger partial charge in [-0.2, -0.15) is 0 Å². The van der Waals surface area contributed by atoms with Gasteiger partial charge in [0.2, 0.25) is 0 Å². The fraction of sp³-hybridized carbons (Fsp3) is 0.143. The molecule has 2 aromatic heterocycles. The van der Waals surface area contributed by atoms with Crippen molar-refractivity contribution < 1.29 is 0 Å². The number of halogens is 1. The molecule has 0 unspecified atom stereocenters. The molecule has 56 valence electrons. The van der Waals surface area contributed by atoms with Crippen LogP contribution in [0.5, 0.6) is 0 Å². The molecule has 0 fully saturated rings. The molecule has 0 amide bonds. The van der Waals surface area contributed by atoms with Crippen molar-refractivity contribution in [3.05, 3.63) is 28.0 Å². The largest absolute Gasteiger partial charge is 0.303 e. The van der Waals surface area contributed by atoms with E-state index >= 15 is 0 Å². The smallest absolute Gasteiger partial charge is 0.158 e. The number of fused-ring (bicyclic) bond motifs is 1. The summed E-state index contributed by atoms with van der Waals surface area (Å²) in [6.45, 7) is 1.96. The monoisotopic (exact) mass is 259 g/mol. The number of nitrogens with zero attached hydrogens (tertiary/aromatic N) is 3. The molecule has 0 aliphatic carbocycles. The Balaban J connectivity index is 2.91. The zero-order chi connectivity index (χ0) is 7.84. The topological polar surface area (TPSA) is 30.2 Å². The van der Waals surface area contributed by atoms with Crippen LogP contribution in [0.2, 0.25) is 0 Å². The van der Waals surface area contributed by atoms with Crippen molar-refractivity contribution in [3.8, 4) is 0 Å². The maximum atomic E-state index is 4.28. The van der Waals surface area contributed by atoms with Crippen LogP contribution >= 0.6 is 22.6 Å². The minimum absolute atomic E-state index is 0.936. The number of rotatable bonds is 0. The first-order valence-electron chi connectivity index (χ1n) is 3.23. The predicted octanol–water partition coefficient (Wildman–Crippen LogP) is 1.64. The minimum atomic E-state index is 0.936. The molecule has 2 heterocycles. The SMILES string of the molecule is Cc1nc(I)cn2ccnc12. The van der Waals surface area contributed by atoms with E-state index in [0.717, 1.165) is 15.0 Å². The van der Waals surface area contributed by atoms with E-state index in [9.17, 15) is 0 Å². The van der Waals surface area contributed by atoms with E-state index in [1.807, 2.05) is 23.7 Å². The van der Waals surface area contributed by atoms with E-state index in [0.29, 0.717) is 0 Å². The van der Waals surface area contributed by atoms with Crippen LogP contribution in [0.15, 0.2) is 18.6 Å². The van der Waals surface area contributed by atoms with Gasteiger partial charge in [-0.15, -0.1) is 0 Å². The van der Waals surface area contributed by atoms with Gasteiger partial charge in [-0.3, -0.25) is 0 Å². The molecule has 0 spiro atoms. The molecule has 0 aromatic carbocycles. The molecule has 3 nitrogen and oxygen atoms in total. The van der Waals surface area contributed by atoms with Gasteiger partial charge in [-0.25, -0.2) is 9.97 Å². The van der Waals surface area contributed by atoms with Crippen LogP contribution in [-0.4, -0.2) is 14.4 Å². The summed E-state index contributed by atoms with van der Waals surface area (Å²) >= 11 is 2.19. The van der Waals surface area contributed by atoms with Gasteiger partial charge in [0.25, 0.3) is 0 Å². The standard InChI is InChI=1S/C7H6IN3/c1-5-7-9-2-3-11(7)4-6(8)10-5/h2-4H,1H3. The Morgan fingerprint density at radius 1 is 1.55 bits per heavy atom. The number of imidazole rings is 1. The molecule has 0 aliphatic heterocycles. The minimum Gasteiger partial charge on any atom is -0.303 e. The van der Waals surface area contributed by atoms with Gasteiger partial charge in [0.05, 0.1) is 5.69 Å². The zero-order valence-electron chi connectivity index (χ0n) is 5.95. The normalized spacial score (nSPS) is 10.7. The van der Waals surface area contributed by atoms with Gasteiger partial charge in [0, 0.05) is 18.6 Å². The Labute approximate surface area is 77.6 Å². The van der Waals surface area contributed by atoms with Crippen molar-refractivity contribution in [2.24, 2.45) is 0 Å². The highest BCUT2D eigenvalue weighted by Gasteiger charge is 1.99. The first kappa shape index (κ1) is 7.02. The van der Waals surface area contributed by atoms with Gasteiger partial charge < -0.3 is 4.40 Å². The maximum absolute atomic E-state index is 4.28. The lowest BCUT2D eigenvalue weighted by Gasteiger charge is -1.96. The molecule has 0 bridgehead atoms. The molecule has 0 saturated carbocycles. The Morgan fingerprint density at radius 3 is 3.18 bits per heavy atom. The van der Waals surface area contributed by atoms with Crippen molar-refractivity contribution >= 4 is 28.2 Å². The van der Waals surface area contributed by atoms with Gasteiger partial charge in [0.1, 0.15) is 3.70 Å². The predicted molar refractivity (Wildman–Crippen MR) is 50.4 cm³/mol. The lowest BCUT2D eigenvalue weighted by molar-refractivity contribution is 1.05. The van der Waals surface area contributed by atoms with E-state index in [-0.39, 0.29) is 0 Å². The molecule has 0 aliphatic rings. The molecular weight excluding hydrogens is 253 g/mol. The Kier molecular flexibility index (Phi) is 1.56. The molecule has 0 saturated heterocycles. The Morgan fingerprint density at radius 2 is 2.36 bits per heavy atom. The lowest BCUT2D eigenvalue weighted by Crippen LogP contribution is -1.93. The molecule has 0 radical (unpaired) electrons. The van der Waals surface area contributed by atoms with Gasteiger partial charge in [0.15, 0.2) is 5.65 Å². The summed E-state index contributed by atoms with van der Waals surface area (Å²) in [7, 11) is 0. The quantitative estimate of drug-likeness (QED) is 0.673. The van der Waals surface area contributed by atoms with E-state index in [4.69, 9.17) is 0 Å². The summed E-state index contributed by atoms with van der Waals surface area (Å²) in [6.07, 6.45) is 5.65. The highest BCUT2D eigenvalue weighted by atomic mass is 127. The van der Waals surface area contributed by atoms with Crippen molar-refractivity contribution in [1.82, 2.24) is 14.4 Å². The zero-order valence-corrected chi connectivity index (χ0v) is 8.11. The van der Waals surface area contributed by atoms with Crippen molar-refractivity contribution in [2.75, 3.05) is 0 Å². The van der Waals surface area contributed by atoms with Gasteiger partial charge in [-0.1, -0.05) is 0 Å². The lowest BCUT2D eigenvalue weighted by atomic mass is 10.5. The van der Waals surface area contributed by atoms with E-state index < -0.39 is 0 Å². The second-order valence-electron chi connectivity index (χ2n) is 2.31. The van der Waals surface area contributed by atoms with Crippen LogP contribution in [0.4, 0.5) is 0 Å². The van der Waals surface area contributed by atoms with Crippen LogP contribution in [0, 0.1) is 10.6 Å². The number of aromatic nitrogens is 3. The fourth-order valence-electron chi connectivity index (χ4n) is 1.05. The first-order valence-corrected chi connectivity index (χ1v) is 4.31. The van der Waals surface area contributed by atoms with Crippen LogP contribution in [0.3, 0.4) is 0 Å². The van der Waals surface area contributed by atoms with Crippen LogP contribution in [0.25, 0.3) is 5.65 Å². The molecule has 0 atom stereocenters. The van der Waals surface area contributed by atoms with Gasteiger partial charge in [-0.05, 0) is 29.5 Å². The summed E-state index contributed by atoms with van der Waals surface area (Å²) in [6, 6.07) is 0. The average molecular weight is 259 g/mol. The second-order valence-corrected chi connectivity index (χ2v) is 3.41. The average Bonchev–Trinajstić information content (AvgIpc) is 2.34. The molecule has 4 heteroatoms. The van der Waals surface area contributed by atoms with Gasteiger partial charge >= 0.3 is 0 Å². The van der Waals surface area contributed by atoms with E-state index in [2.05, 4.69) is 32.6 Å². The number of hydrogen-bond acceptors (Lipinski definition) is 2. The van der Waals surface area contributed by atoms with Crippen molar-refractivity contribution in [3.63, 3.8) is 0 Å². The first-order chi connectivity index (χ1) is 5.27. The summed E-state index contributed by atoms with van der Waals surface area (Å²) < 4.78 is 2.97. The fourth-order valence-corrected chi connectivity index (χ4v) is 1.71. The molecule has 0 N–H and O–H groups in total. The molecular formula is C7H6IN3. The van der Waals surface area contributed by atoms with Crippen LogP contribution in [-0.2, 0) is 0 Å². The molecule has 11 heavy (non-hydrogen) atoms. The molecule has 2 aromatic rings. The maximum Gasteiger partial charge on any atom is 0.158 e. The number of aryl methyl sites for hydroxylation is 1. The Bertz CT molecular complexity index is 393. The second kappa shape index (κ2) is 2.44. The third kappa shape index (κ3) is 1.11. The summed E-state index contributed by atoms with van der Waals surface area (Å²) in [5.74, 6) is 0. The van der Waals surface area contributed by atoms with Crippen LogP contribution < -0.4 is 0 Å². The highest BCUT2D eigenvalue weighted by Crippen LogP contribution is 2.07. The number of hydrogen-bond donors (Lipinski definition) is 0. The Hall–Kier alpha value is -0.650. The van der Waals surface area contributed by atoms with Crippen molar-refractivity contribution in [1.29, 1.82) is 0 Å². The third-order valence-electron chi connectivity index (χ3n) is 1.51. The molecule has 2 rings (SSSR count). The summed E-state index contributed by atoms with van der Waals surface area (Å²) in [4.78, 5) is 8.43. The van der Waals surface area contributed by atoms with Crippen LogP contribution in [0.1, 0.15) is 5.69 Å². The summed E-state index contributed by atoms with van der Waals surface area (Å²) in [5.41, 5.74) is 1.91. The summed E-state index contributed by atoms with van der Waals surface area (Å²) in [5, 5.41) is 0. The van der Waals surface area contributed by atoms with E-state index in [1.54, 1.807) is 6.20 Å². The third-order valence-corrected chi connectivity index (χ3v) is 2.03.